The third-order valence-electron chi connectivity index (χ3n) is 4.92. The molecule has 5 aromatic rings. The number of aromatic amines is 1. The van der Waals surface area contributed by atoms with Gasteiger partial charge in [-0.25, -0.2) is 14.8 Å². The van der Waals surface area contributed by atoms with Crippen molar-refractivity contribution in [3.63, 3.8) is 0 Å². The van der Waals surface area contributed by atoms with Gasteiger partial charge in [-0.05, 0) is 53.6 Å². The smallest absolute Gasteiger partial charge is 0.336 e. The Labute approximate surface area is 165 Å². The summed E-state index contributed by atoms with van der Waals surface area (Å²) in [4.78, 5) is 23.6. The number of aromatic nitrogens is 3. The standard InChI is InChI=1S/C23H16N4O2/c28-23(29)18-4-2-1-3-17(18)14-5-7-21-19(12-14)22(26-13-25-21)27-16-6-8-20-15(11-16)9-10-24-20/h1-13,24H,(H,28,29)(H,25,26,27). The molecule has 3 N–H and O–H groups in total. The minimum Gasteiger partial charge on any atom is -0.478 e. The first-order valence-electron chi connectivity index (χ1n) is 9.11. The zero-order valence-corrected chi connectivity index (χ0v) is 15.3. The van der Waals surface area contributed by atoms with E-state index in [4.69, 9.17) is 0 Å². The predicted octanol–water partition coefficient (Wildman–Crippen LogP) is 5.22. The molecule has 6 nitrogen and oxygen atoms in total. The van der Waals surface area contributed by atoms with Gasteiger partial charge in [-0.2, -0.15) is 0 Å². The molecule has 6 heteroatoms. The predicted molar refractivity (Wildman–Crippen MR) is 114 cm³/mol. The number of aromatic carboxylic acids is 1. The van der Waals surface area contributed by atoms with E-state index in [1.165, 1.54) is 6.33 Å². The first kappa shape index (κ1) is 16.9. The lowest BCUT2D eigenvalue weighted by Crippen LogP contribution is -2.00. The summed E-state index contributed by atoms with van der Waals surface area (Å²) < 4.78 is 0. The summed E-state index contributed by atoms with van der Waals surface area (Å²) in [6.45, 7) is 0. The van der Waals surface area contributed by atoms with Gasteiger partial charge in [0, 0.05) is 28.2 Å². The van der Waals surface area contributed by atoms with Crippen molar-refractivity contribution in [2.24, 2.45) is 0 Å². The molecular weight excluding hydrogens is 364 g/mol. The second kappa shape index (κ2) is 6.76. The van der Waals surface area contributed by atoms with Crippen LogP contribution in [-0.4, -0.2) is 26.0 Å². The minimum atomic E-state index is -0.955. The number of nitrogens with zero attached hydrogens (tertiary/aromatic N) is 2. The highest BCUT2D eigenvalue weighted by Crippen LogP contribution is 2.31. The monoisotopic (exact) mass is 380 g/mol. The van der Waals surface area contributed by atoms with Crippen molar-refractivity contribution in [3.05, 3.63) is 84.8 Å². The van der Waals surface area contributed by atoms with Gasteiger partial charge in [0.2, 0.25) is 0 Å². The molecule has 29 heavy (non-hydrogen) atoms. The average molecular weight is 380 g/mol. The molecule has 0 unspecified atom stereocenters. The van der Waals surface area contributed by atoms with Gasteiger partial charge in [-0.3, -0.25) is 0 Å². The number of hydrogen-bond donors (Lipinski definition) is 3. The Morgan fingerprint density at radius 3 is 2.76 bits per heavy atom. The quantitative estimate of drug-likeness (QED) is 0.398. The molecule has 3 aromatic carbocycles. The number of H-pyrrole nitrogens is 1. The van der Waals surface area contributed by atoms with E-state index >= 15 is 0 Å². The molecule has 0 spiro atoms. The lowest BCUT2D eigenvalue weighted by Gasteiger charge is -2.11. The number of hydrogen-bond acceptors (Lipinski definition) is 4. The Kier molecular flexibility index (Phi) is 3.95. The van der Waals surface area contributed by atoms with Crippen molar-refractivity contribution in [3.8, 4) is 11.1 Å². The molecule has 140 valence electrons. The number of carboxylic acids is 1. The van der Waals surface area contributed by atoms with Crippen LogP contribution in [0, 0.1) is 0 Å². The third-order valence-corrected chi connectivity index (χ3v) is 4.92. The number of nitrogens with one attached hydrogen (secondary N) is 2. The zero-order valence-electron chi connectivity index (χ0n) is 15.3. The van der Waals surface area contributed by atoms with Crippen LogP contribution >= 0.6 is 0 Å². The molecule has 0 aliphatic rings. The van der Waals surface area contributed by atoms with Crippen LogP contribution in [0.2, 0.25) is 0 Å². The van der Waals surface area contributed by atoms with Crippen LogP contribution in [0.15, 0.2) is 79.3 Å². The SMILES string of the molecule is O=C(O)c1ccccc1-c1ccc2ncnc(Nc3ccc4[nH]ccc4c3)c2c1. The van der Waals surface area contributed by atoms with Crippen LogP contribution in [0.1, 0.15) is 10.4 Å². The fourth-order valence-electron chi connectivity index (χ4n) is 3.51. The van der Waals surface area contributed by atoms with E-state index in [1.54, 1.807) is 18.2 Å². The van der Waals surface area contributed by atoms with Crippen molar-refractivity contribution in [2.45, 2.75) is 0 Å². The molecule has 5 rings (SSSR count). The van der Waals surface area contributed by atoms with Gasteiger partial charge in [-0.1, -0.05) is 24.3 Å². The summed E-state index contributed by atoms with van der Waals surface area (Å²) in [7, 11) is 0. The first-order valence-corrected chi connectivity index (χ1v) is 9.11. The van der Waals surface area contributed by atoms with E-state index in [9.17, 15) is 9.90 Å². The second-order valence-electron chi connectivity index (χ2n) is 6.71. The van der Waals surface area contributed by atoms with Gasteiger partial charge < -0.3 is 15.4 Å². The molecule has 0 fully saturated rings. The summed E-state index contributed by atoms with van der Waals surface area (Å²) in [6, 6.07) is 20.7. The number of benzene rings is 3. The van der Waals surface area contributed by atoms with Crippen LogP contribution in [-0.2, 0) is 0 Å². The van der Waals surface area contributed by atoms with Gasteiger partial charge in [0.1, 0.15) is 12.1 Å². The number of carbonyl (C=O) groups is 1. The minimum absolute atomic E-state index is 0.260. The van der Waals surface area contributed by atoms with E-state index in [2.05, 4.69) is 20.3 Å². The van der Waals surface area contributed by atoms with E-state index in [0.717, 1.165) is 33.1 Å². The van der Waals surface area contributed by atoms with Crippen LogP contribution < -0.4 is 5.32 Å². The maximum atomic E-state index is 11.6. The molecule has 0 radical (unpaired) electrons. The summed E-state index contributed by atoms with van der Waals surface area (Å²) in [6.07, 6.45) is 3.42. The Morgan fingerprint density at radius 2 is 1.86 bits per heavy atom. The highest BCUT2D eigenvalue weighted by atomic mass is 16.4. The topological polar surface area (TPSA) is 90.9 Å². The summed E-state index contributed by atoms with van der Waals surface area (Å²) >= 11 is 0. The van der Waals surface area contributed by atoms with E-state index in [-0.39, 0.29) is 5.56 Å². The fraction of sp³-hybridized carbons (Fsp3) is 0. The van der Waals surface area contributed by atoms with Gasteiger partial charge in [0.25, 0.3) is 0 Å². The lowest BCUT2D eigenvalue weighted by molar-refractivity contribution is 0.0697. The van der Waals surface area contributed by atoms with Crippen LogP contribution in [0.3, 0.4) is 0 Å². The van der Waals surface area contributed by atoms with Crippen LogP contribution in [0.5, 0.6) is 0 Å². The largest absolute Gasteiger partial charge is 0.478 e. The average Bonchev–Trinajstić information content (AvgIpc) is 3.21. The number of fused-ring (bicyclic) bond motifs is 2. The molecule has 0 aliphatic carbocycles. The molecule has 0 atom stereocenters. The molecule has 2 aromatic heterocycles. The third kappa shape index (κ3) is 3.06. The Morgan fingerprint density at radius 1 is 0.966 bits per heavy atom. The maximum absolute atomic E-state index is 11.6. The first-order chi connectivity index (χ1) is 14.2. The Bertz CT molecular complexity index is 1370. The molecule has 0 saturated heterocycles. The molecule has 0 saturated carbocycles. The van der Waals surface area contributed by atoms with Gasteiger partial charge in [-0.15, -0.1) is 0 Å². The molecular formula is C23H16N4O2. The van der Waals surface area contributed by atoms with Crippen molar-refractivity contribution < 1.29 is 9.90 Å². The summed E-state index contributed by atoms with van der Waals surface area (Å²) in [5.41, 5.74) is 4.47. The second-order valence-corrected chi connectivity index (χ2v) is 6.71. The number of anilines is 2. The summed E-state index contributed by atoms with van der Waals surface area (Å²) in [5.74, 6) is -0.289. The van der Waals surface area contributed by atoms with Crippen molar-refractivity contribution in [2.75, 3.05) is 5.32 Å². The summed E-state index contributed by atoms with van der Waals surface area (Å²) in [5, 5.41) is 14.8. The highest BCUT2D eigenvalue weighted by molar-refractivity contribution is 5.99. The lowest BCUT2D eigenvalue weighted by atomic mass is 9.98. The highest BCUT2D eigenvalue weighted by Gasteiger charge is 2.13. The fourth-order valence-corrected chi connectivity index (χ4v) is 3.51. The number of carboxylic acid groups (broad SMARTS) is 1. The zero-order chi connectivity index (χ0) is 19.8. The van der Waals surface area contributed by atoms with E-state index in [0.29, 0.717) is 11.4 Å². The van der Waals surface area contributed by atoms with Gasteiger partial charge in [0.15, 0.2) is 0 Å². The molecule has 2 heterocycles. The van der Waals surface area contributed by atoms with E-state index < -0.39 is 5.97 Å². The molecule has 0 amide bonds. The molecule has 0 bridgehead atoms. The molecule has 0 aliphatic heterocycles. The van der Waals surface area contributed by atoms with Gasteiger partial charge >= 0.3 is 5.97 Å². The Balaban J connectivity index is 1.61. The van der Waals surface area contributed by atoms with Crippen molar-refractivity contribution in [1.29, 1.82) is 0 Å². The normalized spacial score (nSPS) is 11.0. The van der Waals surface area contributed by atoms with Crippen LogP contribution in [0.25, 0.3) is 32.9 Å². The van der Waals surface area contributed by atoms with E-state index in [1.807, 2.05) is 54.7 Å². The van der Waals surface area contributed by atoms with Crippen LogP contribution in [0.4, 0.5) is 11.5 Å². The maximum Gasteiger partial charge on any atom is 0.336 e. The van der Waals surface area contributed by atoms with Crippen molar-refractivity contribution in [1.82, 2.24) is 15.0 Å². The number of rotatable bonds is 4. The Hall–Kier alpha value is -4.19. The van der Waals surface area contributed by atoms with Crippen molar-refractivity contribution >= 4 is 39.3 Å². The van der Waals surface area contributed by atoms with Gasteiger partial charge in [0.05, 0.1) is 11.1 Å².